The van der Waals surface area contributed by atoms with Gasteiger partial charge < -0.3 is 66.7 Å². The number of Topliss-reactive ketones (excluding diaryl/α,β-unsaturated/α-hetero) is 1. The monoisotopic (exact) mass is 2110 g/mol. The molecule has 2 N–H and O–H groups in total. The molecule has 0 amide bonds. The number of hydrogen-bond donors (Lipinski definition) is 2. The summed E-state index contributed by atoms with van der Waals surface area (Å²) in [4.78, 5) is 65.8. The zero-order valence-electron chi connectivity index (χ0n) is 64.7. The van der Waals surface area contributed by atoms with Crippen molar-refractivity contribution in [2.75, 3.05) is 0 Å². The van der Waals surface area contributed by atoms with Crippen LogP contribution in [0.15, 0.2) is 323 Å². The van der Waals surface area contributed by atoms with E-state index < -0.39 is 153 Å². The number of carboxylic acid groups (broad SMARTS) is 3. The Labute approximate surface area is 761 Å². The molecule has 33 nitrogen and oxygen atoms in total. The molecule has 0 fully saturated rings. The zero-order chi connectivity index (χ0) is 101. The Morgan fingerprint density at radius 3 is 1.09 bits per heavy atom. The third kappa shape index (κ3) is 48.0. The maximum Gasteiger partial charge on any atom is 0.485 e. The summed E-state index contributed by atoms with van der Waals surface area (Å²) in [5.41, 5.74) is -5.75. The van der Waals surface area contributed by atoms with E-state index in [0.717, 1.165) is 75.6 Å². The summed E-state index contributed by atoms with van der Waals surface area (Å²) >= 11 is 18.1. The first-order valence-corrected chi connectivity index (χ1v) is 47.2. The number of carbonyl (C=O) groups excluding carboxylic acids is 4. The van der Waals surface area contributed by atoms with Gasteiger partial charge >= 0.3 is 69.9 Å². The first-order chi connectivity index (χ1) is 59.6. The van der Waals surface area contributed by atoms with E-state index in [0.29, 0.717) is 0 Å². The number of benzene rings is 10. The summed E-state index contributed by atoms with van der Waals surface area (Å²) in [5, 5.41) is 40.2. The quantitative estimate of drug-likeness (QED) is 0.00867. The molecule has 0 unspecified atom stereocenters. The number of carbonyl (C=O) groups is 6. The maximum atomic E-state index is 11.5. The Morgan fingerprint density at radius 2 is 0.780 bits per heavy atom. The molecule has 722 valence electrons. The molecule has 1 aliphatic rings. The van der Waals surface area contributed by atoms with Gasteiger partial charge in [-0.2, -0.15) is 26.0 Å². The molecule has 0 aliphatic carbocycles. The van der Waals surface area contributed by atoms with Crippen molar-refractivity contribution < 1.29 is 204 Å². The summed E-state index contributed by atoms with van der Waals surface area (Å²) < 4.78 is 339. The number of carboxylic acids is 3. The van der Waals surface area contributed by atoms with Gasteiger partial charge in [0.05, 0.1) is 75.0 Å². The molecular weight excluding hydrogens is 2050 g/mol. The minimum absolute atomic E-state index is 0. The van der Waals surface area contributed by atoms with E-state index in [-0.39, 0.29) is 61.0 Å². The molecule has 0 radical (unpaired) electrons. The second-order valence-corrected chi connectivity index (χ2v) is 38.1. The van der Waals surface area contributed by atoms with Gasteiger partial charge in [0.15, 0.2) is 24.8 Å². The molecule has 10 aromatic rings. The fourth-order valence-electron chi connectivity index (χ4n) is 8.11. The average Bonchev–Trinajstić information content (AvgIpc) is 1.62. The Bertz CT molecular complexity index is 6450. The van der Waals surface area contributed by atoms with Gasteiger partial charge in [-0.1, -0.05) is 151 Å². The second-order valence-electron chi connectivity index (χ2n) is 23.0. The van der Waals surface area contributed by atoms with E-state index in [4.69, 9.17) is 58.0 Å². The van der Waals surface area contributed by atoms with Crippen LogP contribution in [0.25, 0.3) is 0 Å². The topological polar surface area (TPSA) is 597 Å². The number of aromatic carboxylic acids is 2. The van der Waals surface area contributed by atoms with Crippen LogP contribution in [0.2, 0.25) is 15.1 Å². The smallest absolute Gasteiger partial charge is 0.485 e. The van der Waals surface area contributed by atoms with Crippen LogP contribution < -0.4 is 14.9 Å². The summed E-state index contributed by atoms with van der Waals surface area (Å²) in [6, 6.07) is 62.2. The van der Waals surface area contributed by atoms with Crippen LogP contribution in [0.4, 0.5) is 51.3 Å². The second kappa shape index (κ2) is 50.9. The Balaban J connectivity index is -0.00000144. The van der Waals surface area contributed by atoms with Crippen LogP contribution in [0.3, 0.4) is 0 Å². The predicted molar refractivity (Wildman–Crippen MR) is 437 cm³/mol. The van der Waals surface area contributed by atoms with Crippen LogP contribution in [0.1, 0.15) is 65.8 Å². The molecule has 0 atom stereocenters. The van der Waals surface area contributed by atoms with E-state index in [1.54, 1.807) is 48.5 Å². The van der Waals surface area contributed by atoms with Gasteiger partial charge in [-0.05, 0) is 159 Å². The fourth-order valence-corrected chi connectivity index (χ4v) is 14.3. The molecule has 0 aromatic heterocycles. The number of aliphatic carboxylic acids is 1. The summed E-state index contributed by atoms with van der Waals surface area (Å²) in [7, 11) is -47.0. The molecule has 0 saturated heterocycles. The van der Waals surface area contributed by atoms with Crippen molar-refractivity contribution in [3.63, 3.8) is 0 Å². The van der Waals surface area contributed by atoms with Crippen LogP contribution in [-0.4, -0.2) is 151 Å². The van der Waals surface area contributed by atoms with Crippen molar-refractivity contribution >= 4 is 173 Å². The summed E-state index contributed by atoms with van der Waals surface area (Å²) in [6.07, 6.45) is 1.64. The number of esters is 2. The van der Waals surface area contributed by atoms with Crippen molar-refractivity contribution in [2.45, 2.75) is 56.5 Å². The van der Waals surface area contributed by atoms with E-state index >= 15 is 0 Å². The third-order valence-corrected chi connectivity index (χ3v) is 22.5. The van der Waals surface area contributed by atoms with Crippen LogP contribution in [0.5, 0.6) is 0 Å². The van der Waals surface area contributed by atoms with Crippen molar-refractivity contribution in [3.05, 3.63) is 328 Å². The number of ether oxygens (including phenoxy) is 2. The van der Waals surface area contributed by atoms with E-state index in [1.165, 1.54) is 99.6 Å². The van der Waals surface area contributed by atoms with Crippen molar-refractivity contribution in [1.82, 2.24) is 0 Å². The number of aryl methyl sites for hydroxylation is 1. The molecule has 10 aromatic carbocycles. The predicted octanol–water partition coefficient (Wildman–Crippen LogP) is 10.9. The number of sulfonamides is 1. The van der Waals surface area contributed by atoms with Crippen molar-refractivity contribution in [2.24, 2.45) is 4.40 Å². The molecule has 1 heterocycles. The van der Waals surface area contributed by atoms with Crippen molar-refractivity contribution in [1.29, 1.82) is 0 Å². The first-order valence-electron chi connectivity index (χ1n) is 32.9. The molecule has 59 heteroatoms. The van der Waals surface area contributed by atoms with Gasteiger partial charge in [0, 0.05) is 34.9 Å². The molecule has 0 bridgehead atoms. The molecule has 132 heavy (non-hydrogen) atoms. The van der Waals surface area contributed by atoms with Gasteiger partial charge in [-0.15, -0.1) is 0 Å². The fraction of sp³-hybridized carbons (Fsp3) is 0.0274. The summed E-state index contributed by atoms with van der Waals surface area (Å²) in [6.45, 7) is 8.13. The molecule has 0 spiro atoms. The summed E-state index contributed by atoms with van der Waals surface area (Å²) in [5.74, 6) is -7.98. The zero-order valence-corrected chi connectivity index (χ0v) is 74.4. The minimum Gasteiger partial charge on any atom is -1.00 e. The molecule has 11 rings (SSSR count). The van der Waals surface area contributed by atoms with Crippen molar-refractivity contribution in [3.8, 4) is 0 Å². The normalized spacial score (nSPS) is 12.1. The minimum atomic E-state index is -10.7. The average molecular weight is 2110 g/mol. The van der Waals surface area contributed by atoms with Gasteiger partial charge in [0.2, 0.25) is 5.78 Å². The Kier molecular flexibility index (Phi) is 46.4. The molecular formula is C73H56BCl3F13NO32PS8-9. The number of ketones is 1. The largest absolute Gasteiger partial charge is 1.00 e. The number of nitrogens with zero attached hydrogens (tertiary/aromatic N) is 1. The third-order valence-electron chi connectivity index (χ3n) is 13.4. The van der Waals surface area contributed by atoms with E-state index in [1.807, 2.05) is 43.3 Å². The first kappa shape index (κ1) is 120. The number of rotatable bonds is 16. The molecule has 1 aliphatic heterocycles. The van der Waals surface area contributed by atoms with Gasteiger partial charge in [-0.3, -0.25) is 17.7 Å². The number of alkyl halides is 3. The SMILES string of the molecule is C=COC(=O)c1cc(C(=O)OC=C)cc(S(=O)(=O)[O-])c1.Cc1ccc(S(=O)(=O)[O-])cc1.Clc1ccc([S+](c2ccc(Cl)cc2)c2ccc(Cl)cc2)cc1.FB(F)F.F[P-](F)(F)(F)(F)F.O=C(O)c1cccc(S(=O)(=O)[O-])c1.O=C(O)c1ccccc1S(=O)(=O)[O-].O=C([O-])C(=O)c1ccccc1.O=S(=O)([O-])C(F)(F)F.O=S(=O)([O-])c1ccccc1.O=S1(=O)N=C([O-])c2ccccc21.[F-].[HH].[HH]. The number of hydrogen-bond acceptors (Lipinski definition) is 30. The van der Waals surface area contributed by atoms with E-state index in [9.17, 15) is 164 Å². The van der Waals surface area contributed by atoms with Crippen LogP contribution in [-0.2, 0) is 95.9 Å². The number of halogens is 16. The number of fused-ring (bicyclic) bond motifs is 1. The maximum absolute atomic E-state index is 11.5. The molecule has 0 saturated carbocycles. The van der Waals surface area contributed by atoms with Crippen LogP contribution >= 0.6 is 42.6 Å². The Hall–Kier alpha value is -11.6. The van der Waals surface area contributed by atoms with Crippen LogP contribution in [0, 0.1) is 6.92 Å². The van der Waals surface area contributed by atoms with Gasteiger partial charge in [0.25, 0.3) is 10.0 Å². The Morgan fingerprint density at radius 1 is 0.462 bits per heavy atom. The standard InChI is InChI=1S/C18H12Cl3S.C12H10O7S.C8H6O3.C7H5NO3S.2C7H6O5S.C7H8O3S.C6H6O3S.CHF3O3S.BF3.F6P.FH.2H2/c19-13-1-7-16(8-2-13)22(17-9-3-14(20)4-10-17)18-11-5-15(21)6-12-18;1-3-18-11(13)8-5-9(12(14)19-4-2)7-10(6-8)20(15,16)17;9-7(8(10)11)6-4-2-1-3-5-6;9-7-5-3-1-2-4-6(5)12(10,11)8-7;8-7(9)5-2-1-3-6(4-5)13(10,11)12;8-7(9)5-3-1-2-4-6(5)13(10,11)12;1-6-2-4-7(5-3-6)11(8,9)10;7-10(8,9)6-4-2-1-3-5-6;2-1(3,4)8(5,6)7;2-1(3)4;1-7(2,3,4,5)6;;;/h1-12H;3-7H,1-2H2,(H,15,16,17);1-5H,(H,10,11);1-4H,(H,8,9);2*1-4H,(H,8,9)(H,10,11,12);2-5H,1H3,(H,8,9,10);1-5H,(H,7,8,9);(H,5,6,7);;;3*1H/q+1;;;;;;;;;;-1;;;/p-9. The van der Waals surface area contributed by atoms with E-state index in [2.05, 4.69) is 63.4 Å². The van der Waals surface area contributed by atoms with Gasteiger partial charge in [-0.25, -0.2) is 69.7 Å². The van der Waals surface area contributed by atoms with Gasteiger partial charge in [0.1, 0.15) is 56.6 Å².